The van der Waals surface area contributed by atoms with E-state index in [-0.39, 0.29) is 24.2 Å². The zero-order valence-corrected chi connectivity index (χ0v) is 16.0. The maximum atomic E-state index is 13.0. The fraction of sp³-hybridized carbons (Fsp3) is 0.944. The SMILES string of the molecule is CN(C)CC1CCCCCCCCCC(CN(C)C)C1=O.Cl. The van der Waals surface area contributed by atoms with Crippen molar-refractivity contribution < 1.29 is 4.79 Å². The zero-order chi connectivity index (χ0) is 15.7. The number of nitrogens with zero attached hydrogens (tertiary/aromatic N) is 2. The molecule has 0 N–H and O–H groups in total. The van der Waals surface area contributed by atoms with Crippen LogP contribution in [0.4, 0.5) is 0 Å². The molecule has 0 bridgehead atoms. The van der Waals surface area contributed by atoms with Crippen molar-refractivity contribution in [2.24, 2.45) is 11.8 Å². The van der Waals surface area contributed by atoms with E-state index in [1.54, 1.807) is 0 Å². The highest BCUT2D eigenvalue weighted by Crippen LogP contribution is 2.23. The Morgan fingerprint density at radius 1 is 0.727 bits per heavy atom. The van der Waals surface area contributed by atoms with Crippen molar-refractivity contribution in [3.05, 3.63) is 0 Å². The van der Waals surface area contributed by atoms with Gasteiger partial charge in [0.1, 0.15) is 5.78 Å². The van der Waals surface area contributed by atoms with Crippen molar-refractivity contribution in [1.29, 1.82) is 0 Å². The minimum Gasteiger partial charge on any atom is -0.309 e. The average molecular weight is 333 g/mol. The number of hydrogen-bond donors (Lipinski definition) is 0. The minimum absolute atomic E-state index is 0. The second-order valence-corrected chi connectivity index (χ2v) is 7.37. The molecule has 0 heterocycles. The molecule has 1 rings (SSSR count). The summed E-state index contributed by atoms with van der Waals surface area (Å²) in [7, 11) is 8.35. The second kappa shape index (κ2) is 12.3. The zero-order valence-electron chi connectivity index (χ0n) is 15.1. The van der Waals surface area contributed by atoms with Crippen molar-refractivity contribution in [1.82, 2.24) is 9.80 Å². The van der Waals surface area contributed by atoms with Gasteiger partial charge in [-0.25, -0.2) is 0 Å². The van der Waals surface area contributed by atoms with Gasteiger partial charge in [0.2, 0.25) is 0 Å². The van der Waals surface area contributed by atoms with Crippen LogP contribution in [0.25, 0.3) is 0 Å². The lowest BCUT2D eigenvalue weighted by atomic mass is 9.84. The molecule has 0 amide bonds. The summed E-state index contributed by atoms with van der Waals surface area (Å²) in [5, 5.41) is 0. The van der Waals surface area contributed by atoms with Crippen LogP contribution in [0.3, 0.4) is 0 Å². The fourth-order valence-electron chi connectivity index (χ4n) is 3.53. The van der Waals surface area contributed by atoms with Gasteiger partial charge in [-0.15, -0.1) is 12.4 Å². The molecule has 0 aromatic carbocycles. The van der Waals surface area contributed by atoms with Crippen molar-refractivity contribution in [2.75, 3.05) is 41.3 Å². The summed E-state index contributed by atoms with van der Waals surface area (Å²) in [5.41, 5.74) is 0. The van der Waals surface area contributed by atoms with Crippen LogP contribution in [0.2, 0.25) is 0 Å². The first-order valence-electron chi connectivity index (χ1n) is 8.84. The number of Topliss-reactive ketones (excluding diaryl/α,β-unsaturated/α-hetero) is 1. The summed E-state index contributed by atoms with van der Waals surface area (Å²) in [6.45, 7) is 1.84. The van der Waals surface area contributed by atoms with Gasteiger partial charge in [0.25, 0.3) is 0 Å². The van der Waals surface area contributed by atoms with E-state index in [1.165, 1.54) is 44.9 Å². The molecule has 2 atom stereocenters. The standard InChI is InChI=1S/C18H36N2O.ClH/c1-19(2)14-16-12-10-8-6-5-7-9-11-13-17(18(16)21)15-20(3)4;/h16-17H,5-15H2,1-4H3;1H. The van der Waals surface area contributed by atoms with E-state index >= 15 is 0 Å². The van der Waals surface area contributed by atoms with Crippen molar-refractivity contribution in [3.8, 4) is 0 Å². The first-order chi connectivity index (χ1) is 10.0. The lowest BCUT2D eigenvalue weighted by Gasteiger charge is -2.27. The van der Waals surface area contributed by atoms with Crippen LogP contribution in [-0.4, -0.2) is 56.9 Å². The van der Waals surface area contributed by atoms with Gasteiger partial charge in [-0.05, 0) is 41.0 Å². The number of carbonyl (C=O) groups excluding carboxylic acids is 1. The minimum atomic E-state index is 0. The predicted molar refractivity (Wildman–Crippen MR) is 97.9 cm³/mol. The molecule has 1 aliphatic rings. The molecule has 1 fully saturated rings. The Morgan fingerprint density at radius 3 is 1.36 bits per heavy atom. The molecule has 0 aliphatic heterocycles. The molecule has 0 spiro atoms. The van der Waals surface area contributed by atoms with E-state index in [1.807, 2.05) is 0 Å². The first kappa shape index (κ1) is 21.9. The Hall–Kier alpha value is -0.120. The molecule has 3 nitrogen and oxygen atoms in total. The van der Waals surface area contributed by atoms with Gasteiger partial charge in [-0.3, -0.25) is 4.79 Å². The molecule has 4 heteroatoms. The largest absolute Gasteiger partial charge is 0.309 e. The molecule has 1 aliphatic carbocycles. The van der Waals surface area contributed by atoms with Gasteiger partial charge in [0.05, 0.1) is 0 Å². The Morgan fingerprint density at radius 2 is 1.05 bits per heavy atom. The number of rotatable bonds is 4. The maximum absolute atomic E-state index is 13.0. The van der Waals surface area contributed by atoms with Crippen molar-refractivity contribution >= 4 is 18.2 Å². The Labute approximate surface area is 144 Å². The predicted octanol–water partition coefficient (Wildman–Crippen LogP) is 3.86. The highest BCUT2D eigenvalue weighted by Gasteiger charge is 2.27. The van der Waals surface area contributed by atoms with Gasteiger partial charge in [-0.1, -0.05) is 44.9 Å². The lowest BCUT2D eigenvalue weighted by molar-refractivity contribution is -0.128. The molecule has 0 aromatic heterocycles. The first-order valence-corrected chi connectivity index (χ1v) is 8.84. The van der Waals surface area contributed by atoms with E-state index < -0.39 is 0 Å². The molecule has 0 radical (unpaired) electrons. The average Bonchev–Trinajstić information content (AvgIpc) is 2.40. The summed E-state index contributed by atoms with van der Waals surface area (Å²) in [6.07, 6.45) is 11.3. The van der Waals surface area contributed by atoms with Gasteiger partial charge >= 0.3 is 0 Å². The highest BCUT2D eigenvalue weighted by atomic mass is 35.5. The van der Waals surface area contributed by atoms with Crippen LogP contribution in [0, 0.1) is 11.8 Å². The molecular weight excluding hydrogens is 296 g/mol. The van der Waals surface area contributed by atoms with E-state index in [9.17, 15) is 4.79 Å². The quantitative estimate of drug-likeness (QED) is 0.781. The van der Waals surface area contributed by atoms with Crippen LogP contribution in [0.1, 0.15) is 57.8 Å². The van der Waals surface area contributed by atoms with E-state index in [0.717, 1.165) is 25.9 Å². The van der Waals surface area contributed by atoms with Crippen molar-refractivity contribution in [2.45, 2.75) is 57.8 Å². The monoisotopic (exact) mass is 332 g/mol. The van der Waals surface area contributed by atoms with E-state index in [2.05, 4.69) is 38.0 Å². The number of ketones is 1. The topological polar surface area (TPSA) is 23.6 Å². The van der Waals surface area contributed by atoms with Crippen molar-refractivity contribution in [3.63, 3.8) is 0 Å². The molecule has 0 saturated heterocycles. The summed E-state index contributed by atoms with van der Waals surface area (Å²) in [4.78, 5) is 17.3. The summed E-state index contributed by atoms with van der Waals surface area (Å²) in [5.74, 6) is 1.01. The van der Waals surface area contributed by atoms with Crippen LogP contribution in [-0.2, 0) is 4.79 Å². The third-order valence-corrected chi connectivity index (χ3v) is 4.58. The van der Waals surface area contributed by atoms with E-state index in [0.29, 0.717) is 5.78 Å². The number of carbonyl (C=O) groups is 1. The van der Waals surface area contributed by atoms with Gasteiger partial charge in [0.15, 0.2) is 0 Å². The summed E-state index contributed by atoms with van der Waals surface area (Å²) in [6, 6.07) is 0. The van der Waals surface area contributed by atoms with Gasteiger partial charge < -0.3 is 9.80 Å². The van der Waals surface area contributed by atoms with E-state index in [4.69, 9.17) is 0 Å². The molecular formula is C18H37ClN2O. The molecule has 1 saturated carbocycles. The Bertz CT molecular complexity index is 269. The Balaban J connectivity index is 0.00000441. The van der Waals surface area contributed by atoms with Crippen LogP contribution >= 0.6 is 12.4 Å². The lowest BCUT2D eigenvalue weighted by Crippen LogP contribution is -2.36. The second-order valence-electron chi connectivity index (χ2n) is 7.37. The fourth-order valence-corrected chi connectivity index (χ4v) is 3.53. The molecule has 22 heavy (non-hydrogen) atoms. The highest BCUT2D eigenvalue weighted by molar-refractivity contribution is 5.85. The van der Waals surface area contributed by atoms with Gasteiger partial charge in [-0.2, -0.15) is 0 Å². The third-order valence-electron chi connectivity index (χ3n) is 4.58. The molecule has 132 valence electrons. The van der Waals surface area contributed by atoms with Gasteiger partial charge in [0, 0.05) is 24.9 Å². The third kappa shape index (κ3) is 9.12. The number of halogens is 1. The smallest absolute Gasteiger partial charge is 0.141 e. The number of hydrogen-bond acceptors (Lipinski definition) is 3. The van der Waals surface area contributed by atoms with Crippen LogP contribution < -0.4 is 0 Å². The summed E-state index contributed by atoms with van der Waals surface area (Å²) < 4.78 is 0. The van der Waals surface area contributed by atoms with Crippen LogP contribution in [0.5, 0.6) is 0 Å². The summed E-state index contributed by atoms with van der Waals surface area (Å²) >= 11 is 0. The molecule has 0 aromatic rings. The molecule has 2 unspecified atom stereocenters. The van der Waals surface area contributed by atoms with Crippen LogP contribution in [0.15, 0.2) is 0 Å². The Kier molecular flexibility index (Phi) is 12.3. The maximum Gasteiger partial charge on any atom is 0.141 e. The normalized spacial score (nSPS) is 25.5.